The molecule has 2 nitrogen and oxygen atoms in total. The Labute approximate surface area is 122 Å². The van der Waals surface area contributed by atoms with Gasteiger partial charge in [0.2, 0.25) is 0 Å². The van der Waals surface area contributed by atoms with Gasteiger partial charge in [-0.3, -0.25) is 0 Å². The zero-order valence-corrected chi connectivity index (χ0v) is 12.6. The first kappa shape index (κ1) is 14.6. The van der Waals surface area contributed by atoms with E-state index in [0.717, 1.165) is 6.54 Å². The van der Waals surface area contributed by atoms with Gasteiger partial charge in [-0.1, -0.05) is 55.5 Å². The monoisotopic (exact) mass is 268 g/mol. The summed E-state index contributed by atoms with van der Waals surface area (Å²) in [6.45, 7) is 3.32. The molecule has 0 bridgehead atoms. The number of nitrogens with one attached hydrogen (secondary N) is 1. The predicted molar refractivity (Wildman–Crippen MR) is 87.1 cm³/mol. The maximum atomic E-state index is 3.45. The lowest BCUT2D eigenvalue weighted by atomic mass is 9.94. The number of benzene rings is 2. The number of hydrogen-bond donors (Lipinski definition) is 1. The van der Waals surface area contributed by atoms with Gasteiger partial charge in [0.05, 0.1) is 0 Å². The van der Waals surface area contributed by atoms with Crippen molar-refractivity contribution < 1.29 is 0 Å². The van der Waals surface area contributed by atoms with Crippen LogP contribution in [0.1, 0.15) is 18.5 Å². The van der Waals surface area contributed by atoms with E-state index >= 15 is 0 Å². The fraction of sp³-hybridized carbons (Fsp3) is 0.333. The maximum absolute atomic E-state index is 3.45. The van der Waals surface area contributed by atoms with E-state index in [2.05, 4.69) is 84.9 Å². The highest BCUT2D eigenvalue weighted by Gasteiger charge is 2.18. The van der Waals surface area contributed by atoms with Gasteiger partial charge in [-0.05, 0) is 30.7 Å². The van der Waals surface area contributed by atoms with Crippen molar-refractivity contribution in [1.82, 2.24) is 5.32 Å². The highest BCUT2D eigenvalue weighted by atomic mass is 15.1. The SMILES string of the molecule is CNC(c1ccccc1)C(C)CN(C)c1ccccc1. The molecule has 2 rings (SSSR count). The van der Waals surface area contributed by atoms with Crippen LogP contribution in [0.2, 0.25) is 0 Å². The molecule has 0 saturated heterocycles. The molecule has 1 N–H and O–H groups in total. The molecule has 0 spiro atoms. The van der Waals surface area contributed by atoms with Gasteiger partial charge in [0.1, 0.15) is 0 Å². The molecule has 20 heavy (non-hydrogen) atoms. The molecule has 2 aromatic rings. The van der Waals surface area contributed by atoms with Crippen LogP contribution in [0.5, 0.6) is 0 Å². The van der Waals surface area contributed by atoms with Crippen molar-refractivity contribution in [2.45, 2.75) is 13.0 Å². The normalized spacial score (nSPS) is 13.8. The van der Waals surface area contributed by atoms with Gasteiger partial charge >= 0.3 is 0 Å². The van der Waals surface area contributed by atoms with Crippen molar-refractivity contribution in [1.29, 1.82) is 0 Å². The van der Waals surface area contributed by atoms with E-state index in [1.807, 2.05) is 7.05 Å². The molecule has 0 aliphatic rings. The number of hydrogen-bond acceptors (Lipinski definition) is 2. The zero-order chi connectivity index (χ0) is 14.4. The Balaban J connectivity index is 2.05. The molecule has 2 aromatic carbocycles. The topological polar surface area (TPSA) is 15.3 Å². The van der Waals surface area contributed by atoms with Crippen LogP contribution in [0.25, 0.3) is 0 Å². The Hall–Kier alpha value is -1.80. The molecule has 0 radical (unpaired) electrons. The summed E-state index contributed by atoms with van der Waals surface area (Å²) in [4.78, 5) is 2.32. The first-order valence-corrected chi connectivity index (χ1v) is 7.20. The third-order valence-electron chi connectivity index (χ3n) is 3.80. The smallest absolute Gasteiger partial charge is 0.0363 e. The highest BCUT2D eigenvalue weighted by Crippen LogP contribution is 2.23. The molecule has 0 heterocycles. The summed E-state index contributed by atoms with van der Waals surface area (Å²) in [6.07, 6.45) is 0. The number of para-hydroxylation sites is 1. The lowest BCUT2D eigenvalue weighted by molar-refractivity contribution is 0.414. The van der Waals surface area contributed by atoms with Gasteiger partial charge in [0.15, 0.2) is 0 Å². The Kier molecular flexibility index (Phi) is 5.19. The van der Waals surface area contributed by atoms with Gasteiger partial charge in [0, 0.05) is 25.3 Å². The number of anilines is 1. The van der Waals surface area contributed by atoms with E-state index in [1.54, 1.807) is 0 Å². The quantitative estimate of drug-likeness (QED) is 0.859. The lowest BCUT2D eigenvalue weighted by Crippen LogP contribution is -2.32. The van der Waals surface area contributed by atoms with E-state index in [-0.39, 0.29) is 0 Å². The zero-order valence-electron chi connectivity index (χ0n) is 12.6. The van der Waals surface area contributed by atoms with Crippen molar-refractivity contribution >= 4 is 5.69 Å². The first-order valence-electron chi connectivity index (χ1n) is 7.20. The molecular formula is C18H24N2. The Morgan fingerprint density at radius 1 is 0.950 bits per heavy atom. The van der Waals surface area contributed by atoms with Crippen LogP contribution in [0.3, 0.4) is 0 Å². The third-order valence-corrected chi connectivity index (χ3v) is 3.80. The minimum Gasteiger partial charge on any atom is -0.374 e. The lowest BCUT2D eigenvalue weighted by Gasteiger charge is -2.29. The molecule has 0 aromatic heterocycles. The summed E-state index contributed by atoms with van der Waals surface area (Å²) in [5.41, 5.74) is 2.62. The fourth-order valence-corrected chi connectivity index (χ4v) is 2.77. The molecule has 0 fully saturated rings. The van der Waals surface area contributed by atoms with Crippen molar-refractivity contribution in [2.75, 3.05) is 25.5 Å². The van der Waals surface area contributed by atoms with E-state index in [9.17, 15) is 0 Å². The molecular weight excluding hydrogens is 244 g/mol. The largest absolute Gasteiger partial charge is 0.374 e. The third kappa shape index (κ3) is 3.61. The molecule has 2 heteroatoms. The second kappa shape index (κ2) is 7.11. The predicted octanol–water partition coefficient (Wildman–Crippen LogP) is 3.72. The van der Waals surface area contributed by atoms with Gasteiger partial charge in [0.25, 0.3) is 0 Å². The van der Waals surface area contributed by atoms with Gasteiger partial charge in [-0.25, -0.2) is 0 Å². The standard InChI is InChI=1S/C18H24N2/c1-15(14-20(3)17-12-8-5-9-13-17)18(19-2)16-10-6-4-7-11-16/h4-13,15,18-19H,14H2,1-3H3. The van der Waals surface area contributed by atoms with Crippen LogP contribution in [0.15, 0.2) is 60.7 Å². The second-order valence-corrected chi connectivity index (χ2v) is 5.37. The van der Waals surface area contributed by atoms with Crippen molar-refractivity contribution in [2.24, 2.45) is 5.92 Å². The van der Waals surface area contributed by atoms with Gasteiger partial charge < -0.3 is 10.2 Å². The second-order valence-electron chi connectivity index (χ2n) is 5.37. The van der Waals surface area contributed by atoms with Crippen LogP contribution >= 0.6 is 0 Å². The van der Waals surface area contributed by atoms with E-state index in [1.165, 1.54) is 11.3 Å². The van der Waals surface area contributed by atoms with Crippen molar-refractivity contribution in [3.8, 4) is 0 Å². The number of rotatable bonds is 6. The summed E-state index contributed by atoms with van der Waals surface area (Å²) in [5, 5.41) is 3.45. The van der Waals surface area contributed by atoms with E-state index in [4.69, 9.17) is 0 Å². The molecule has 106 valence electrons. The van der Waals surface area contributed by atoms with Crippen LogP contribution in [0.4, 0.5) is 5.69 Å². The molecule has 0 aliphatic heterocycles. The molecule has 2 unspecified atom stereocenters. The molecule has 0 aliphatic carbocycles. The van der Waals surface area contributed by atoms with E-state index in [0.29, 0.717) is 12.0 Å². The maximum Gasteiger partial charge on any atom is 0.0363 e. The summed E-state index contributed by atoms with van der Waals surface area (Å²) in [7, 11) is 4.19. The van der Waals surface area contributed by atoms with Crippen molar-refractivity contribution in [3.63, 3.8) is 0 Å². The van der Waals surface area contributed by atoms with E-state index < -0.39 is 0 Å². The Morgan fingerprint density at radius 2 is 1.50 bits per heavy atom. The summed E-state index contributed by atoms with van der Waals surface area (Å²) in [6, 6.07) is 21.6. The van der Waals surface area contributed by atoms with Gasteiger partial charge in [-0.15, -0.1) is 0 Å². The average molecular weight is 268 g/mol. The minimum absolute atomic E-state index is 0.377. The molecule has 0 saturated carbocycles. The van der Waals surface area contributed by atoms with Crippen LogP contribution < -0.4 is 10.2 Å². The van der Waals surface area contributed by atoms with Gasteiger partial charge in [-0.2, -0.15) is 0 Å². The number of nitrogens with zero attached hydrogens (tertiary/aromatic N) is 1. The highest BCUT2D eigenvalue weighted by molar-refractivity contribution is 5.45. The Bertz CT molecular complexity index is 495. The summed E-state index contributed by atoms with van der Waals surface area (Å²) < 4.78 is 0. The fourth-order valence-electron chi connectivity index (χ4n) is 2.77. The molecule has 0 amide bonds. The molecule has 2 atom stereocenters. The van der Waals surface area contributed by atoms with Crippen LogP contribution in [-0.2, 0) is 0 Å². The summed E-state index contributed by atoms with van der Waals surface area (Å²) in [5.74, 6) is 0.521. The summed E-state index contributed by atoms with van der Waals surface area (Å²) >= 11 is 0. The van der Waals surface area contributed by atoms with Crippen molar-refractivity contribution in [3.05, 3.63) is 66.2 Å². The van der Waals surface area contributed by atoms with Crippen LogP contribution in [-0.4, -0.2) is 20.6 Å². The van der Waals surface area contributed by atoms with Crippen LogP contribution in [0, 0.1) is 5.92 Å². The average Bonchev–Trinajstić information content (AvgIpc) is 2.50. The Morgan fingerprint density at radius 3 is 2.05 bits per heavy atom. The first-order chi connectivity index (χ1) is 9.72. The minimum atomic E-state index is 0.377.